The molecule has 0 aliphatic rings. The Bertz CT molecular complexity index is 581. The maximum Gasteiger partial charge on any atom is 0.245 e. The molecule has 21 heavy (non-hydrogen) atoms. The van der Waals surface area contributed by atoms with Gasteiger partial charge in [0.25, 0.3) is 0 Å². The summed E-state index contributed by atoms with van der Waals surface area (Å²) in [6, 6.07) is 0. The number of hydrogen-bond donors (Lipinski definition) is 2. The highest BCUT2D eigenvalue weighted by Gasteiger charge is 2.15. The lowest BCUT2D eigenvalue weighted by Gasteiger charge is -2.17. The van der Waals surface area contributed by atoms with E-state index in [0.29, 0.717) is 24.2 Å². The van der Waals surface area contributed by atoms with Gasteiger partial charge in [-0.2, -0.15) is 4.98 Å². The van der Waals surface area contributed by atoms with E-state index >= 15 is 0 Å². The van der Waals surface area contributed by atoms with Gasteiger partial charge < -0.3 is 15.2 Å². The van der Waals surface area contributed by atoms with Crippen LogP contribution in [0.2, 0.25) is 0 Å². The molecule has 2 aromatic rings. The van der Waals surface area contributed by atoms with E-state index in [0.717, 1.165) is 30.2 Å². The normalized spacial score (nSPS) is 10.9. The number of rotatable bonds is 7. The lowest BCUT2D eigenvalue weighted by molar-refractivity contribution is 0.379. The summed E-state index contributed by atoms with van der Waals surface area (Å²) in [4.78, 5) is 12.9. The van der Waals surface area contributed by atoms with Crippen LogP contribution in [0.1, 0.15) is 50.4 Å². The molecule has 2 N–H and O–H groups in total. The number of hydrogen-bond acceptors (Lipinski definition) is 7. The van der Waals surface area contributed by atoms with E-state index in [9.17, 15) is 0 Å². The van der Waals surface area contributed by atoms with E-state index in [2.05, 4.69) is 51.5 Å². The first-order valence-electron chi connectivity index (χ1n) is 7.23. The maximum atomic E-state index is 5.10. The van der Waals surface area contributed by atoms with Crippen LogP contribution in [-0.4, -0.2) is 26.7 Å². The third-order valence-electron chi connectivity index (χ3n) is 2.98. The third kappa shape index (κ3) is 3.90. The first kappa shape index (κ1) is 15.2. The highest BCUT2D eigenvalue weighted by atomic mass is 16.5. The highest BCUT2D eigenvalue weighted by Crippen LogP contribution is 2.28. The lowest BCUT2D eigenvalue weighted by atomic mass is 10.0. The standard InChI is InChI=1S/C14H22N6O/c1-5-6-15-13-12(9(2)3)14(18-8-17-13)16-7-11-19-10(4)20-21-11/h8-9H,5-7H2,1-4H3,(H2,15,16,17,18). The predicted octanol–water partition coefficient (Wildman–Crippen LogP) is 2.73. The van der Waals surface area contributed by atoms with Crippen LogP contribution in [-0.2, 0) is 6.54 Å². The Morgan fingerprint density at radius 3 is 2.48 bits per heavy atom. The Balaban J connectivity index is 2.17. The first-order chi connectivity index (χ1) is 10.1. The molecule has 2 rings (SSSR count). The fourth-order valence-electron chi connectivity index (χ4n) is 2.04. The highest BCUT2D eigenvalue weighted by molar-refractivity contribution is 5.58. The number of nitrogens with zero attached hydrogens (tertiary/aromatic N) is 4. The van der Waals surface area contributed by atoms with Gasteiger partial charge in [-0.15, -0.1) is 0 Å². The van der Waals surface area contributed by atoms with E-state index in [1.807, 2.05) is 0 Å². The number of aryl methyl sites for hydroxylation is 1. The Morgan fingerprint density at radius 2 is 1.90 bits per heavy atom. The predicted molar refractivity (Wildman–Crippen MR) is 81.3 cm³/mol. The molecule has 0 aliphatic heterocycles. The van der Waals surface area contributed by atoms with E-state index in [1.54, 1.807) is 13.3 Å². The minimum absolute atomic E-state index is 0.303. The van der Waals surface area contributed by atoms with Crippen molar-refractivity contribution in [2.75, 3.05) is 17.2 Å². The van der Waals surface area contributed by atoms with Crippen LogP contribution in [0.25, 0.3) is 0 Å². The minimum Gasteiger partial charge on any atom is -0.370 e. The fraction of sp³-hybridized carbons (Fsp3) is 0.571. The van der Waals surface area contributed by atoms with Gasteiger partial charge >= 0.3 is 0 Å². The number of anilines is 2. The molecule has 0 fully saturated rings. The Kier molecular flexibility index (Phi) is 5.08. The Hall–Kier alpha value is -2.18. The zero-order valence-corrected chi connectivity index (χ0v) is 13.0. The molecular weight excluding hydrogens is 268 g/mol. The van der Waals surface area contributed by atoms with Crippen molar-refractivity contribution in [2.24, 2.45) is 0 Å². The maximum absolute atomic E-state index is 5.10. The Labute approximate surface area is 124 Å². The van der Waals surface area contributed by atoms with Crippen LogP contribution in [0.3, 0.4) is 0 Å². The monoisotopic (exact) mass is 290 g/mol. The molecule has 0 saturated carbocycles. The summed E-state index contributed by atoms with van der Waals surface area (Å²) < 4.78 is 5.10. The molecule has 7 nitrogen and oxygen atoms in total. The molecule has 0 unspecified atom stereocenters. The summed E-state index contributed by atoms with van der Waals surface area (Å²) in [6.45, 7) is 9.50. The molecule has 0 amide bonds. The first-order valence-corrected chi connectivity index (χ1v) is 7.23. The van der Waals surface area contributed by atoms with Gasteiger partial charge in [0.15, 0.2) is 5.82 Å². The zero-order chi connectivity index (χ0) is 15.2. The van der Waals surface area contributed by atoms with Gasteiger partial charge in [-0.1, -0.05) is 25.9 Å². The van der Waals surface area contributed by atoms with Gasteiger partial charge in [0.2, 0.25) is 5.89 Å². The molecule has 0 bridgehead atoms. The molecule has 7 heteroatoms. The molecule has 0 aliphatic carbocycles. The van der Waals surface area contributed by atoms with Crippen molar-refractivity contribution in [3.05, 3.63) is 23.6 Å². The summed E-state index contributed by atoms with van der Waals surface area (Å²) >= 11 is 0. The number of aromatic nitrogens is 4. The van der Waals surface area contributed by atoms with Crippen LogP contribution in [0.4, 0.5) is 11.6 Å². The second-order valence-electron chi connectivity index (χ2n) is 5.15. The van der Waals surface area contributed by atoms with Crippen LogP contribution in [0.15, 0.2) is 10.9 Å². The second-order valence-corrected chi connectivity index (χ2v) is 5.15. The topological polar surface area (TPSA) is 88.8 Å². The smallest absolute Gasteiger partial charge is 0.245 e. The minimum atomic E-state index is 0.303. The summed E-state index contributed by atoms with van der Waals surface area (Å²) in [6.07, 6.45) is 2.61. The van der Waals surface area contributed by atoms with Gasteiger partial charge in [-0.05, 0) is 19.3 Å². The molecule has 0 saturated heterocycles. The average molecular weight is 290 g/mol. The van der Waals surface area contributed by atoms with Crippen molar-refractivity contribution in [1.29, 1.82) is 0 Å². The van der Waals surface area contributed by atoms with E-state index in [-0.39, 0.29) is 0 Å². The van der Waals surface area contributed by atoms with Crippen LogP contribution in [0.5, 0.6) is 0 Å². The van der Waals surface area contributed by atoms with Crippen LogP contribution in [0, 0.1) is 6.92 Å². The van der Waals surface area contributed by atoms with Gasteiger partial charge in [0.05, 0.1) is 6.54 Å². The Morgan fingerprint density at radius 1 is 1.19 bits per heavy atom. The third-order valence-corrected chi connectivity index (χ3v) is 2.98. The van der Waals surface area contributed by atoms with Gasteiger partial charge in [-0.3, -0.25) is 0 Å². The summed E-state index contributed by atoms with van der Waals surface area (Å²) in [7, 11) is 0. The van der Waals surface area contributed by atoms with E-state index in [1.165, 1.54) is 0 Å². The fourth-order valence-corrected chi connectivity index (χ4v) is 2.04. The second kappa shape index (κ2) is 7.01. The average Bonchev–Trinajstić information content (AvgIpc) is 2.88. The SMILES string of the molecule is CCCNc1ncnc(NCc2nc(C)no2)c1C(C)C. The summed E-state index contributed by atoms with van der Waals surface area (Å²) in [5.74, 6) is 3.16. The molecule has 0 spiro atoms. The van der Waals surface area contributed by atoms with Gasteiger partial charge in [0, 0.05) is 12.1 Å². The summed E-state index contributed by atoms with van der Waals surface area (Å²) in [5.41, 5.74) is 1.07. The van der Waals surface area contributed by atoms with Crippen molar-refractivity contribution in [2.45, 2.75) is 46.6 Å². The molecule has 2 aromatic heterocycles. The lowest BCUT2D eigenvalue weighted by Crippen LogP contribution is -2.12. The molecule has 0 aromatic carbocycles. The van der Waals surface area contributed by atoms with E-state index in [4.69, 9.17) is 4.52 Å². The van der Waals surface area contributed by atoms with Gasteiger partial charge in [-0.25, -0.2) is 9.97 Å². The van der Waals surface area contributed by atoms with Crippen LogP contribution < -0.4 is 10.6 Å². The van der Waals surface area contributed by atoms with Crippen molar-refractivity contribution in [1.82, 2.24) is 20.1 Å². The molecule has 0 radical (unpaired) electrons. The van der Waals surface area contributed by atoms with Crippen molar-refractivity contribution in [3.8, 4) is 0 Å². The van der Waals surface area contributed by atoms with E-state index < -0.39 is 0 Å². The molecule has 2 heterocycles. The molecule has 0 atom stereocenters. The largest absolute Gasteiger partial charge is 0.370 e. The van der Waals surface area contributed by atoms with Gasteiger partial charge in [0.1, 0.15) is 18.0 Å². The van der Waals surface area contributed by atoms with Crippen LogP contribution >= 0.6 is 0 Å². The quantitative estimate of drug-likeness (QED) is 0.810. The van der Waals surface area contributed by atoms with Crippen molar-refractivity contribution >= 4 is 11.6 Å². The zero-order valence-electron chi connectivity index (χ0n) is 13.0. The summed E-state index contributed by atoms with van der Waals surface area (Å²) in [5, 5.41) is 10.4. The molecular formula is C14H22N6O. The van der Waals surface area contributed by atoms with Crippen molar-refractivity contribution < 1.29 is 4.52 Å². The molecule has 114 valence electrons. The number of nitrogens with one attached hydrogen (secondary N) is 2. The van der Waals surface area contributed by atoms with Crippen molar-refractivity contribution in [3.63, 3.8) is 0 Å².